The zero-order valence-electron chi connectivity index (χ0n) is 14.7. The lowest BCUT2D eigenvalue weighted by Crippen LogP contribution is -2.26. The molecule has 2 rings (SSSR count). The number of carbonyl (C=O) groups excluding carboxylic acids is 1. The number of aliphatic hydroxyl groups excluding tert-OH is 1. The summed E-state index contributed by atoms with van der Waals surface area (Å²) in [6, 6.07) is 8.75. The van der Waals surface area contributed by atoms with Crippen LogP contribution in [0.5, 0.6) is 0 Å². The summed E-state index contributed by atoms with van der Waals surface area (Å²) in [4.78, 5) is 12.3. The smallest absolute Gasteiger partial charge is 0.272 e. The molecule has 0 aliphatic heterocycles. The molecule has 0 unspecified atom stereocenters. The molecule has 6 nitrogen and oxygen atoms in total. The molecule has 24 heavy (non-hydrogen) atoms. The lowest BCUT2D eigenvalue weighted by Gasteiger charge is -2.15. The van der Waals surface area contributed by atoms with Gasteiger partial charge >= 0.3 is 0 Å². The second-order valence-electron chi connectivity index (χ2n) is 7.05. The summed E-state index contributed by atoms with van der Waals surface area (Å²) in [5.74, 6) is -0.222. The molecular weight excluding hydrogens is 322 g/mol. The fourth-order valence-corrected chi connectivity index (χ4v) is 3.04. The zero-order chi connectivity index (χ0) is 17.6. The number of nitrogens with one attached hydrogen (secondary N) is 1. The number of aliphatic hydroxyl groups is 1. The normalized spacial score (nSPS) is 11.8. The van der Waals surface area contributed by atoms with Gasteiger partial charge in [0.2, 0.25) is 0 Å². The van der Waals surface area contributed by atoms with Gasteiger partial charge in [-0.2, -0.15) is 5.10 Å². The largest absolute Gasteiger partial charge is 0.396 e. The second-order valence-corrected chi connectivity index (χ2v) is 12.7. The summed E-state index contributed by atoms with van der Waals surface area (Å²) in [5.41, 5.74) is 1.29. The van der Waals surface area contributed by atoms with E-state index in [-0.39, 0.29) is 12.5 Å². The number of aromatic nitrogens is 2. The van der Waals surface area contributed by atoms with E-state index < -0.39 is 8.07 Å². The summed E-state index contributed by atoms with van der Waals surface area (Å²) >= 11 is 0. The first-order valence-corrected chi connectivity index (χ1v) is 12.1. The number of amides is 1. The van der Waals surface area contributed by atoms with Gasteiger partial charge in [0.05, 0.1) is 5.52 Å². The van der Waals surface area contributed by atoms with Crippen molar-refractivity contribution in [2.75, 3.05) is 19.8 Å². The van der Waals surface area contributed by atoms with Crippen LogP contribution in [0.2, 0.25) is 25.7 Å². The van der Waals surface area contributed by atoms with Gasteiger partial charge in [-0.25, -0.2) is 4.68 Å². The molecular formula is C17H27N3O3Si. The van der Waals surface area contributed by atoms with Crippen molar-refractivity contribution in [1.82, 2.24) is 15.1 Å². The SMILES string of the molecule is C[Si](C)(C)CCOCn1nc(C(=O)NCCCO)c2ccccc21. The van der Waals surface area contributed by atoms with E-state index in [4.69, 9.17) is 9.84 Å². The zero-order valence-corrected chi connectivity index (χ0v) is 15.7. The predicted molar refractivity (Wildman–Crippen MR) is 97.9 cm³/mol. The Kier molecular flexibility index (Phi) is 6.53. The summed E-state index contributed by atoms with van der Waals surface area (Å²) in [7, 11) is -1.12. The van der Waals surface area contributed by atoms with Gasteiger partial charge in [0.15, 0.2) is 5.69 Å². The number of rotatable bonds is 9. The predicted octanol–water partition coefficient (Wildman–Crippen LogP) is 2.46. The molecule has 0 aliphatic carbocycles. The first-order valence-electron chi connectivity index (χ1n) is 8.35. The van der Waals surface area contributed by atoms with Crippen molar-refractivity contribution in [3.8, 4) is 0 Å². The third-order valence-electron chi connectivity index (χ3n) is 3.70. The van der Waals surface area contributed by atoms with Gasteiger partial charge in [-0.3, -0.25) is 4.79 Å². The van der Waals surface area contributed by atoms with Gasteiger partial charge in [-0.05, 0) is 18.5 Å². The van der Waals surface area contributed by atoms with E-state index in [1.807, 2.05) is 24.3 Å². The number of fused-ring (bicyclic) bond motifs is 1. The van der Waals surface area contributed by atoms with E-state index in [0.29, 0.717) is 32.0 Å². The average Bonchev–Trinajstić information content (AvgIpc) is 2.90. The highest BCUT2D eigenvalue weighted by Crippen LogP contribution is 2.18. The minimum atomic E-state index is -1.12. The van der Waals surface area contributed by atoms with E-state index >= 15 is 0 Å². The Labute approximate surface area is 143 Å². The van der Waals surface area contributed by atoms with Crippen LogP contribution in [0.4, 0.5) is 0 Å². The molecule has 0 saturated carbocycles. The Morgan fingerprint density at radius 3 is 2.79 bits per heavy atom. The number of nitrogens with zero attached hydrogens (tertiary/aromatic N) is 2. The summed E-state index contributed by atoms with van der Waals surface area (Å²) in [5, 5.41) is 16.8. The lowest BCUT2D eigenvalue weighted by atomic mass is 10.2. The highest BCUT2D eigenvalue weighted by Gasteiger charge is 2.17. The maximum absolute atomic E-state index is 12.3. The molecule has 0 radical (unpaired) electrons. The monoisotopic (exact) mass is 349 g/mol. The highest BCUT2D eigenvalue weighted by atomic mass is 28.3. The molecule has 132 valence electrons. The van der Waals surface area contributed by atoms with E-state index in [1.165, 1.54) is 0 Å². The molecule has 0 saturated heterocycles. The van der Waals surface area contributed by atoms with Crippen LogP contribution in [0.3, 0.4) is 0 Å². The summed E-state index contributed by atoms with van der Waals surface area (Å²) in [6.07, 6.45) is 0.532. The number of para-hydroxylation sites is 1. The van der Waals surface area contributed by atoms with Crippen LogP contribution in [0, 0.1) is 0 Å². The van der Waals surface area contributed by atoms with Gasteiger partial charge in [-0.1, -0.05) is 37.8 Å². The third kappa shape index (κ3) is 5.15. The number of hydrogen-bond donors (Lipinski definition) is 2. The summed E-state index contributed by atoms with van der Waals surface area (Å²) in [6.45, 7) is 8.48. The van der Waals surface area contributed by atoms with Gasteiger partial charge < -0.3 is 15.2 Å². The molecule has 2 aromatic rings. The van der Waals surface area contributed by atoms with Gasteiger partial charge in [-0.15, -0.1) is 0 Å². The van der Waals surface area contributed by atoms with Crippen molar-refractivity contribution in [1.29, 1.82) is 0 Å². The van der Waals surface area contributed by atoms with Crippen LogP contribution >= 0.6 is 0 Å². The highest BCUT2D eigenvalue weighted by molar-refractivity contribution is 6.76. The number of hydrogen-bond acceptors (Lipinski definition) is 4. The van der Waals surface area contributed by atoms with Crippen LogP contribution in [0.15, 0.2) is 24.3 Å². The molecule has 1 aromatic carbocycles. The molecule has 1 heterocycles. The van der Waals surface area contributed by atoms with Crippen molar-refractivity contribution < 1.29 is 14.6 Å². The lowest BCUT2D eigenvalue weighted by molar-refractivity contribution is 0.0804. The Morgan fingerprint density at radius 2 is 2.08 bits per heavy atom. The van der Waals surface area contributed by atoms with Crippen LogP contribution in [-0.4, -0.2) is 48.6 Å². The third-order valence-corrected chi connectivity index (χ3v) is 5.41. The quantitative estimate of drug-likeness (QED) is 0.538. The fourth-order valence-electron chi connectivity index (χ4n) is 2.29. The molecule has 1 amide bonds. The average molecular weight is 350 g/mol. The maximum Gasteiger partial charge on any atom is 0.272 e. The minimum Gasteiger partial charge on any atom is -0.396 e. The van der Waals surface area contributed by atoms with Crippen molar-refractivity contribution in [3.63, 3.8) is 0 Å². The number of benzene rings is 1. The Bertz CT molecular complexity index is 679. The summed E-state index contributed by atoms with van der Waals surface area (Å²) < 4.78 is 7.50. The molecule has 0 bridgehead atoms. The Morgan fingerprint density at radius 1 is 1.33 bits per heavy atom. The number of carbonyl (C=O) groups is 1. The van der Waals surface area contributed by atoms with Crippen molar-refractivity contribution >= 4 is 24.9 Å². The molecule has 0 atom stereocenters. The van der Waals surface area contributed by atoms with Crippen molar-refractivity contribution in [2.45, 2.75) is 38.8 Å². The van der Waals surface area contributed by atoms with E-state index in [2.05, 4.69) is 30.1 Å². The van der Waals surface area contributed by atoms with E-state index in [1.54, 1.807) is 4.68 Å². The fraction of sp³-hybridized carbons (Fsp3) is 0.529. The van der Waals surface area contributed by atoms with Crippen molar-refractivity contribution in [2.24, 2.45) is 0 Å². The Hall–Kier alpha value is -1.70. The van der Waals surface area contributed by atoms with Crippen molar-refractivity contribution in [3.05, 3.63) is 30.0 Å². The molecule has 0 spiro atoms. The second kappa shape index (κ2) is 8.41. The maximum atomic E-state index is 12.3. The van der Waals surface area contributed by atoms with Crippen LogP contribution < -0.4 is 5.32 Å². The molecule has 0 aliphatic rings. The topological polar surface area (TPSA) is 76.4 Å². The molecule has 7 heteroatoms. The molecule has 1 aromatic heterocycles. The van der Waals surface area contributed by atoms with Crippen LogP contribution in [-0.2, 0) is 11.5 Å². The standard InChI is InChI=1S/C17H27N3O3Si/c1-24(2,3)12-11-23-13-20-15-8-5-4-7-14(15)16(19-20)17(22)18-9-6-10-21/h4-5,7-8,21H,6,9-13H2,1-3H3,(H,18,22). The first-order chi connectivity index (χ1) is 11.4. The van der Waals surface area contributed by atoms with Gasteiger partial charge in [0.25, 0.3) is 5.91 Å². The Balaban J connectivity index is 2.09. The first kappa shape index (κ1) is 18.6. The van der Waals surface area contributed by atoms with Crippen LogP contribution in [0.1, 0.15) is 16.9 Å². The van der Waals surface area contributed by atoms with Gasteiger partial charge in [0.1, 0.15) is 6.73 Å². The molecule has 0 fully saturated rings. The van der Waals surface area contributed by atoms with E-state index in [9.17, 15) is 4.79 Å². The molecule has 2 N–H and O–H groups in total. The van der Waals surface area contributed by atoms with Crippen LogP contribution in [0.25, 0.3) is 10.9 Å². The number of ether oxygens (including phenoxy) is 1. The minimum absolute atomic E-state index is 0.0560. The van der Waals surface area contributed by atoms with E-state index in [0.717, 1.165) is 16.9 Å². The van der Waals surface area contributed by atoms with Gasteiger partial charge in [0, 0.05) is 33.2 Å².